The van der Waals surface area contributed by atoms with Crippen molar-refractivity contribution in [3.8, 4) is 0 Å². The van der Waals surface area contributed by atoms with Gasteiger partial charge >= 0.3 is 0 Å². The van der Waals surface area contributed by atoms with Crippen LogP contribution in [0, 0.1) is 0 Å². The van der Waals surface area contributed by atoms with Gasteiger partial charge in [-0.3, -0.25) is 18.8 Å². The maximum Gasteiger partial charge on any atom is 0.214 e. The average molecular weight is 463 g/mol. The van der Waals surface area contributed by atoms with Crippen LogP contribution in [0.5, 0.6) is 0 Å². The van der Waals surface area contributed by atoms with Gasteiger partial charge in [-0.05, 0) is 64.8 Å². The van der Waals surface area contributed by atoms with E-state index in [1.165, 1.54) is 17.7 Å². The summed E-state index contributed by atoms with van der Waals surface area (Å²) in [6, 6.07) is 10.7. The summed E-state index contributed by atoms with van der Waals surface area (Å²) in [5.41, 5.74) is 4.40. The number of imidazole rings is 1. The summed E-state index contributed by atoms with van der Waals surface area (Å²) in [6.07, 6.45) is 6.22. The number of carboxylic acid groups (broad SMARTS) is 1. The first-order chi connectivity index (χ1) is 16.2. The predicted molar refractivity (Wildman–Crippen MR) is 130 cm³/mol. The zero-order chi connectivity index (χ0) is 24.1. The van der Waals surface area contributed by atoms with Crippen LogP contribution in [0.3, 0.4) is 0 Å². The molecule has 0 saturated carbocycles. The normalized spacial score (nSPS) is 24.6. The van der Waals surface area contributed by atoms with E-state index in [0.29, 0.717) is 23.6 Å². The highest BCUT2D eigenvalue weighted by molar-refractivity contribution is 5.63. The number of nitrogens with one attached hydrogen (secondary N) is 1. The summed E-state index contributed by atoms with van der Waals surface area (Å²) in [7, 11) is 2.16. The molecule has 180 valence electrons. The molecule has 0 radical (unpaired) electrons. The van der Waals surface area contributed by atoms with Gasteiger partial charge in [0.25, 0.3) is 0 Å². The van der Waals surface area contributed by atoms with Crippen molar-refractivity contribution < 1.29 is 9.90 Å². The topological polar surface area (TPSA) is 85.6 Å². The van der Waals surface area contributed by atoms with Gasteiger partial charge in [-0.1, -0.05) is 12.1 Å². The van der Waals surface area contributed by atoms with Gasteiger partial charge in [-0.15, -0.1) is 0 Å². The second-order valence-corrected chi connectivity index (χ2v) is 10.8. The fourth-order valence-electron chi connectivity index (χ4n) is 5.89. The van der Waals surface area contributed by atoms with Gasteiger partial charge < -0.3 is 15.2 Å². The van der Waals surface area contributed by atoms with Gasteiger partial charge in [-0.2, -0.15) is 0 Å². The van der Waals surface area contributed by atoms with Crippen LogP contribution < -0.4 is 14.9 Å². The lowest BCUT2D eigenvalue weighted by Gasteiger charge is -2.57. The zero-order valence-corrected chi connectivity index (χ0v) is 20.5. The molecule has 0 spiro atoms. The number of aromatic nitrogens is 3. The third-order valence-electron chi connectivity index (χ3n) is 7.74. The number of carbonyl (C=O) groups is 1. The van der Waals surface area contributed by atoms with E-state index in [4.69, 9.17) is 9.97 Å². The average Bonchev–Trinajstić information content (AvgIpc) is 3.17. The number of nitrogens with zero attached hydrogens (tertiary/aromatic N) is 5. The van der Waals surface area contributed by atoms with Crippen LogP contribution in [0.25, 0.3) is 5.65 Å². The minimum absolute atomic E-state index is 0.100. The standard InChI is InChI=1S/C26H34N6O2/c1-26(2,3)32(16-20(17-32)29-25(33)34)23-12-6-11-22-28-19(15-31(22)23)14-30(4)21-10-5-8-18-9-7-13-27-24(18)21/h6-7,9,11-13,15,20-21,29H,5,8,10,14,16-17H2,1-4H3. The number of hydrogen-bond acceptors (Lipinski definition) is 5. The van der Waals surface area contributed by atoms with Crippen LogP contribution in [0.15, 0.2) is 42.7 Å². The van der Waals surface area contributed by atoms with Crippen molar-refractivity contribution in [1.82, 2.24) is 29.1 Å². The summed E-state index contributed by atoms with van der Waals surface area (Å²) in [5, 5.41) is 13.6. The van der Waals surface area contributed by atoms with Crippen LogP contribution in [-0.2, 0) is 13.0 Å². The third kappa shape index (κ3) is 3.84. The molecule has 1 amide bonds. The first-order valence-corrected chi connectivity index (χ1v) is 12.1. The lowest BCUT2D eigenvalue weighted by Crippen LogP contribution is -2.79. The number of aryl methyl sites for hydroxylation is 1. The Bertz CT molecular complexity index is 1210. The molecule has 5 rings (SSSR count). The summed E-state index contributed by atoms with van der Waals surface area (Å²) >= 11 is 0. The summed E-state index contributed by atoms with van der Waals surface area (Å²) in [5.74, 6) is 1.13. The summed E-state index contributed by atoms with van der Waals surface area (Å²) in [6.45, 7) is 8.75. The Morgan fingerprint density at radius 3 is 2.79 bits per heavy atom. The van der Waals surface area contributed by atoms with Crippen LogP contribution in [0.4, 0.5) is 10.6 Å². The number of carbonyl (C=O) groups excluding carboxylic acids is 1. The van der Waals surface area contributed by atoms with Crippen LogP contribution in [-0.4, -0.2) is 57.1 Å². The van der Waals surface area contributed by atoms with Gasteiger partial charge in [-0.25, -0.2) is 4.98 Å². The molecule has 2 aliphatic rings. The van der Waals surface area contributed by atoms with Crippen molar-refractivity contribution >= 4 is 17.6 Å². The molecule has 0 aromatic carbocycles. The van der Waals surface area contributed by atoms with Gasteiger partial charge in [0.2, 0.25) is 5.82 Å². The first kappa shape index (κ1) is 22.8. The Morgan fingerprint density at radius 1 is 1.26 bits per heavy atom. The minimum Gasteiger partial charge on any atom is -0.530 e. The number of quaternary nitrogens is 1. The lowest BCUT2D eigenvalue weighted by atomic mass is 9.90. The number of hydrogen-bond donors (Lipinski definition) is 1. The molecule has 8 heteroatoms. The number of fused-ring (bicyclic) bond motifs is 2. The van der Waals surface area contributed by atoms with Crippen molar-refractivity contribution in [2.45, 2.75) is 64.2 Å². The predicted octanol–water partition coefficient (Wildman–Crippen LogP) is 2.66. The second kappa shape index (κ2) is 8.36. The number of amides is 1. The number of likely N-dealkylation sites (tertiary alicyclic amines) is 1. The van der Waals surface area contributed by atoms with Crippen molar-refractivity contribution in [3.63, 3.8) is 0 Å². The minimum atomic E-state index is -1.21. The lowest BCUT2D eigenvalue weighted by molar-refractivity contribution is -0.252. The van der Waals surface area contributed by atoms with Gasteiger partial charge in [0.15, 0.2) is 0 Å². The molecule has 1 aliphatic carbocycles. The van der Waals surface area contributed by atoms with Crippen molar-refractivity contribution in [2.24, 2.45) is 0 Å². The van der Waals surface area contributed by atoms with Gasteiger partial charge in [0, 0.05) is 25.0 Å². The zero-order valence-electron chi connectivity index (χ0n) is 20.5. The van der Waals surface area contributed by atoms with E-state index in [-0.39, 0.29) is 11.6 Å². The monoisotopic (exact) mass is 462 g/mol. The molecule has 1 atom stereocenters. The van der Waals surface area contributed by atoms with Crippen LogP contribution >= 0.6 is 0 Å². The van der Waals surface area contributed by atoms with E-state index in [1.807, 2.05) is 18.3 Å². The molecule has 1 unspecified atom stereocenters. The third-order valence-corrected chi connectivity index (χ3v) is 7.74. The molecule has 1 fully saturated rings. The molecular weight excluding hydrogens is 428 g/mol. The van der Waals surface area contributed by atoms with E-state index < -0.39 is 6.09 Å². The Kier molecular flexibility index (Phi) is 5.61. The van der Waals surface area contributed by atoms with Crippen LogP contribution in [0.2, 0.25) is 0 Å². The highest BCUT2D eigenvalue weighted by atomic mass is 16.4. The largest absolute Gasteiger partial charge is 0.530 e. The number of pyridine rings is 2. The Balaban J connectivity index is 1.44. The quantitative estimate of drug-likeness (QED) is 0.589. The molecule has 1 N–H and O–H groups in total. The van der Waals surface area contributed by atoms with Crippen molar-refractivity contribution in [1.29, 1.82) is 0 Å². The van der Waals surface area contributed by atoms with E-state index >= 15 is 0 Å². The Labute approximate surface area is 200 Å². The molecule has 3 aromatic rings. The fourth-order valence-corrected chi connectivity index (χ4v) is 5.89. The first-order valence-electron chi connectivity index (χ1n) is 12.1. The smallest absolute Gasteiger partial charge is 0.214 e. The summed E-state index contributed by atoms with van der Waals surface area (Å²) in [4.78, 5) is 23.1. The second-order valence-electron chi connectivity index (χ2n) is 10.8. The SMILES string of the molecule is CN(Cc1cn2c([N+]3(C(C)(C)C)CC(NC(=O)[O-])C3)cccc2n1)C1CCCc2cccnc21. The van der Waals surface area contributed by atoms with Gasteiger partial charge in [0.05, 0.1) is 23.0 Å². The molecule has 3 aromatic heterocycles. The summed E-state index contributed by atoms with van der Waals surface area (Å²) < 4.78 is 2.87. The van der Waals surface area contributed by atoms with E-state index in [0.717, 1.165) is 36.5 Å². The molecule has 8 nitrogen and oxygen atoms in total. The Morgan fingerprint density at radius 2 is 2.06 bits per heavy atom. The van der Waals surface area contributed by atoms with E-state index in [2.05, 4.69) is 66.8 Å². The van der Waals surface area contributed by atoms with Crippen LogP contribution in [0.1, 0.15) is 56.6 Å². The molecule has 1 saturated heterocycles. The molecule has 34 heavy (non-hydrogen) atoms. The molecule has 4 heterocycles. The number of rotatable bonds is 5. The maximum atomic E-state index is 11.1. The fraction of sp³-hybridized carbons (Fsp3) is 0.500. The van der Waals surface area contributed by atoms with Gasteiger partial charge in [0.1, 0.15) is 30.9 Å². The molecule has 1 aliphatic heterocycles. The van der Waals surface area contributed by atoms with E-state index in [1.54, 1.807) is 0 Å². The highest BCUT2D eigenvalue weighted by Crippen LogP contribution is 2.40. The molecule has 0 bridgehead atoms. The van der Waals surface area contributed by atoms with Crippen molar-refractivity contribution in [3.05, 3.63) is 59.7 Å². The van der Waals surface area contributed by atoms with Crippen molar-refractivity contribution in [2.75, 3.05) is 20.1 Å². The Hall–Kier alpha value is -2.97. The molecular formula is C26H34N6O2. The highest BCUT2D eigenvalue weighted by Gasteiger charge is 2.54. The van der Waals surface area contributed by atoms with E-state index in [9.17, 15) is 9.90 Å². The maximum absolute atomic E-state index is 11.1.